The molecule has 6 nitrogen and oxygen atoms in total. The van der Waals surface area contributed by atoms with Crippen LogP contribution in [0.4, 0.5) is 0 Å². The number of hydrogen-bond donors (Lipinski definition) is 2. The zero-order valence-corrected chi connectivity index (χ0v) is 14.7. The Bertz CT molecular complexity index is 639. The van der Waals surface area contributed by atoms with Crippen molar-refractivity contribution in [2.24, 2.45) is 0 Å². The van der Waals surface area contributed by atoms with Crippen LogP contribution >= 0.6 is 0 Å². The van der Waals surface area contributed by atoms with Gasteiger partial charge in [0.25, 0.3) is 11.8 Å². The van der Waals surface area contributed by atoms with Crippen LogP contribution < -0.4 is 10.2 Å². The number of imide groups is 1. The molecule has 3 rings (SSSR count). The molecular weight excluding hydrogens is 318 g/mol. The molecule has 1 unspecified atom stereocenters. The number of carbonyl (C=O) groups is 3. The highest BCUT2D eigenvalue weighted by Gasteiger charge is 2.34. The number of carbonyl (C=O) groups excluding carboxylic acids is 3. The number of quaternary nitrogens is 1. The minimum absolute atomic E-state index is 0.000961. The molecule has 1 saturated heterocycles. The van der Waals surface area contributed by atoms with Crippen LogP contribution in [0.25, 0.3) is 0 Å². The Morgan fingerprint density at radius 3 is 2.56 bits per heavy atom. The summed E-state index contributed by atoms with van der Waals surface area (Å²) < 4.78 is 0. The molecular formula is C19H26N3O3+. The van der Waals surface area contributed by atoms with E-state index >= 15 is 0 Å². The summed E-state index contributed by atoms with van der Waals surface area (Å²) in [5.41, 5.74) is 0.918. The van der Waals surface area contributed by atoms with Crippen LogP contribution in [0.15, 0.2) is 24.3 Å². The number of benzene rings is 1. The minimum atomic E-state index is -0.255. The summed E-state index contributed by atoms with van der Waals surface area (Å²) in [6.45, 7) is 5.47. The van der Waals surface area contributed by atoms with Crippen molar-refractivity contribution in [2.45, 2.75) is 38.6 Å². The van der Waals surface area contributed by atoms with Crippen molar-refractivity contribution in [3.63, 3.8) is 0 Å². The van der Waals surface area contributed by atoms with E-state index < -0.39 is 0 Å². The molecule has 1 aromatic carbocycles. The minimum Gasteiger partial charge on any atom is -0.350 e. The van der Waals surface area contributed by atoms with Gasteiger partial charge in [-0.3, -0.25) is 19.3 Å². The Morgan fingerprint density at radius 1 is 1.24 bits per heavy atom. The van der Waals surface area contributed by atoms with Gasteiger partial charge in [-0.2, -0.15) is 0 Å². The average molecular weight is 344 g/mol. The highest BCUT2D eigenvalue weighted by atomic mass is 16.2. The molecule has 1 fully saturated rings. The first-order valence-electron chi connectivity index (χ1n) is 9.18. The molecule has 0 saturated carbocycles. The van der Waals surface area contributed by atoms with Gasteiger partial charge >= 0.3 is 0 Å². The Labute approximate surface area is 148 Å². The van der Waals surface area contributed by atoms with Crippen LogP contribution in [0.2, 0.25) is 0 Å². The molecule has 2 N–H and O–H groups in total. The van der Waals surface area contributed by atoms with Gasteiger partial charge in [-0.25, -0.2) is 0 Å². The average Bonchev–Trinajstić information content (AvgIpc) is 3.18. The van der Waals surface area contributed by atoms with Gasteiger partial charge in [-0.15, -0.1) is 0 Å². The second-order valence-electron chi connectivity index (χ2n) is 6.82. The molecule has 0 aromatic heterocycles. The van der Waals surface area contributed by atoms with Gasteiger partial charge in [-0.05, 0) is 25.5 Å². The molecule has 2 aliphatic rings. The fourth-order valence-electron chi connectivity index (χ4n) is 3.86. The number of nitrogens with zero attached hydrogens (tertiary/aromatic N) is 1. The third-order valence-corrected chi connectivity index (χ3v) is 5.29. The van der Waals surface area contributed by atoms with Gasteiger partial charge in [0.2, 0.25) is 5.91 Å². The van der Waals surface area contributed by atoms with Crippen molar-refractivity contribution in [1.29, 1.82) is 0 Å². The first-order chi connectivity index (χ1) is 12.1. The second-order valence-corrected chi connectivity index (χ2v) is 6.82. The molecule has 2 heterocycles. The number of likely N-dealkylation sites (N-methyl/N-ethyl adjacent to an activating group) is 1. The van der Waals surface area contributed by atoms with E-state index in [0.717, 1.165) is 13.1 Å². The molecule has 0 spiro atoms. The summed E-state index contributed by atoms with van der Waals surface area (Å²) >= 11 is 0. The van der Waals surface area contributed by atoms with Gasteiger partial charge in [0, 0.05) is 25.8 Å². The van der Waals surface area contributed by atoms with Crippen molar-refractivity contribution in [2.75, 3.05) is 26.2 Å². The van der Waals surface area contributed by atoms with Gasteiger partial charge in [0.05, 0.1) is 30.8 Å². The lowest BCUT2D eigenvalue weighted by Gasteiger charge is -2.20. The number of rotatable bonds is 7. The van der Waals surface area contributed by atoms with Crippen LogP contribution in [0.1, 0.15) is 53.3 Å². The summed E-state index contributed by atoms with van der Waals surface area (Å²) in [6, 6.07) is 7.37. The quantitative estimate of drug-likeness (QED) is 0.697. The Balaban J connectivity index is 1.42. The molecule has 2 aliphatic heterocycles. The third-order valence-electron chi connectivity index (χ3n) is 5.29. The standard InChI is InChI=1S/C19H25N3O3/c1-2-21-11-5-7-14(21)13-20-17(23)10-6-12-22-18(24)15-8-3-4-9-16(15)19(22)25/h3-4,8-9,14H,2,5-7,10-13H2,1H3,(H,20,23)/p+1/t14-/m1/s1. The molecule has 3 amide bonds. The first-order valence-corrected chi connectivity index (χ1v) is 9.18. The Kier molecular flexibility index (Phi) is 5.48. The van der Waals surface area contributed by atoms with Gasteiger partial charge in [-0.1, -0.05) is 12.1 Å². The maximum Gasteiger partial charge on any atom is 0.261 e. The summed E-state index contributed by atoms with van der Waals surface area (Å²) in [5, 5.41) is 3.01. The van der Waals surface area contributed by atoms with E-state index in [9.17, 15) is 14.4 Å². The molecule has 1 aromatic rings. The first kappa shape index (κ1) is 17.6. The van der Waals surface area contributed by atoms with Crippen LogP contribution in [-0.2, 0) is 4.79 Å². The van der Waals surface area contributed by atoms with E-state index in [-0.39, 0.29) is 24.3 Å². The van der Waals surface area contributed by atoms with E-state index in [0.29, 0.717) is 30.0 Å². The fourth-order valence-corrected chi connectivity index (χ4v) is 3.86. The molecule has 0 bridgehead atoms. The van der Waals surface area contributed by atoms with Crippen molar-refractivity contribution in [3.05, 3.63) is 35.4 Å². The monoisotopic (exact) mass is 344 g/mol. The van der Waals surface area contributed by atoms with E-state index in [1.165, 1.54) is 24.3 Å². The van der Waals surface area contributed by atoms with E-state index in [1.807, 2.05) is 0 Å². The smallest absolute Gasteiger partial charge is 0.261 e. The van der Waals surface area contributed by atoms with Crippen molar-refractivity contribution < 1.29 is 19.3 Å². The normalized spacial score (nSPS) is 22.4. The SMILES string of the molecule is CC[NH+]1CCC[C@@H]1CNC(=O)CCCN1C(=O)c2ccccc2C1=O. The maximum absolute atomic E-state index is 12.3. The van der Waals surface area contributed by atoms with Crippen molar-refractivity contribution in [1.82, 2.24) is 10.2 Å². The van der Waals surface area contributed by atoms with Crippen LogP contribution in [0, 0.1) is 0 Å². The summed E-state index contributed by atoms with van der Waals surface area (Å²) in [7, 11) is 0. The fraction of sp³-hybridized carbons (Fsp3) is 0.526. The van der Waals surface area contributed by atoms with E-state index in [4.69, 9.17) is 0 Å². The lowest BCUT2D eigenvalue weighted by Crippen LogP contribution is -3.14. The Hall–Kier alpha value is -2.21. The van der Waals surface area contributed by atoms with E-state index in [2.05, 4.69) is 12.2 Å². The summed E-state index contributed by atoms with van der Waals surface area (Å²) in [5.74, 6) is -0.512. The molecule has 25 heavy (non-hydrogen) atoms. The highest BCUT2D eigenvalue weighted by molar-refractivity contribution is 6.21. The van der Waals surface area contributed by atoms with Gasteiger partial charge in [0.15, 0.2) is 0 Å². The van der Waals surface area contributed by atoms with Crippen LogP contribution in [-0.4, -0.2) is 54.8 Å². The summed E-state index contributed by atoms with van der Waals surface area (Å²) in [6.07, 6.45) is 3.22. The van der Waals surface area contributed by atoms with Gasteiger partial charge < -0.3 is 10.2 Å². The summed E-state index contributed by atoms with van der Waals surface area (Å²) in [4.78, 5) is 39.4. The molecule has 0 radical (unpaired) electrons. The topological polar surface area (TPSA) is 70.9 Å². The Morgan fingerprint density at radius 2 is 1.92 bits per heavy atom. The molecule has 0 aliphatic carbocycles. The molecule has 134 valence electrons. The lowest BCUT2D eigenvalue weighted by atomic mass is 10.1. The van der Waals surface area contributed by atoms with Gasteiger partial charge in [0.1, 0.15) is 6.04 Å². The molecule has 2 atom stereocenters. The predicted octanol–water partition coefficient (Wildman–Crippen LogP) is 0.246. The number of hydrogen-bond acceptors (Lipinski definition) is 3. The number of amides is 3. The number of fused-ring (bicyclic) bond motifs is 1. The zero-order valence-electron chi connectivity index (χ0n) is 14.7. The zero-order chi connectivity index (χ0) is 17.8. The highest BCUT2D eigenvalue weighted by Crippen LogP contribution is 2.22. The predicted molar refractivity (Wildman–Crippen MR) is 93.4 cm³/mol. The van der Waals surface area contributed by atoms with Crippen LogP contribution in [0.5, 0.6) is 0 Å². The third kappa shape index (κ3) is 3.74. The lowest BCUT2D eigenvalue weighted by molar-refractivity contribution is -0.909. The van der Waals surface area contributed by atoms with Crippen molar-refractivity contribution >= 4 is 17.7 Å². The van der Waals surface area contributed by atoms with E-state index in [1.54, 1.807) is 29.2 Å². The van der Waals surface area contributed by atoms with Crippen molar-refractivity contribution in [3.8, 4) is 0 Å². The molecule has 6 heteroatoms. The van der Waals surface area contributed by atoms with Crippen LogP contribution in [0.3, 0.4) is 0 Å². The largest absolute Gasteiger partial charge is 0.350 e. The number of nitrogens with one attached hydrogen (secondary N) is 2. The maximum atomic E-state index is 12.3. The number of likely N-dealkylation sites (tertiary alicyclic amines) is 1. The second kappa shape index (κ2) is 7.78.